The van der Waals surface area contributed by atoms with Crippen LogP contribution in [0.3, 0.4) is 0 Å². The van der Waals surface area contributed by atoms with Crippen molar-refractivity contribution in [2.45, 2.75) is 64.5 Å². The standard InChI is InChI=1S/C8H14NO3P.C4H10/c9-5-1-2-8(13(10,11)12)6-7-3-4-7;1-3-4-2/h7-8H,1-4,6H2,(H2,10,11,12);3-4H2,1-2H3. The van der Waals surface area contributed by atoms with Gasteiger partial charge in [-0.1, -0.05) is 39.5 Å². The van der Waals surface area contributed by atoms with E-state index in [4.69, 9.17) is 15.0 Å². The summed E-state index contributed by atoms with van der Waals surface area (Å²) in [7, 11) is -3.97. The van der Waals surface area contributed by atoms with Crippen molar-refractivity contribution >= 4 is 7.60 Å². The third kappa shape index (κ3) is 9.35. The van der Waals surface area contributed by atoms with Gasteiger partial charge in [0.05, 0.1) is 11.7 Å². The van der Waals surface area contributed by atoms with Crippen LogP contribution in [0, 0.1) is 17.2 Å². The van der Waals surface area contributed by atoms with Crippen LogP contribution < -0.4 is 0 Å². The molecule has 0 bridgehead atoms. The predicted molar refractivity (Wildman–Crippen MR) is 68.6 cm³/mol. The SMILES string of the molecule is CCCC.N#CCCC(CC1CC1)P(=O)(O)O. The number of unbranched alkanes of at least 4 members (excludes halogenated alkanes) is 1. The monoisotopic (exact) mass is 261 g/mol. The normalized spacial score (nSPS) is 16.6. The van der Waals surface area contributed by atoms with Crippen molar-refractivity contribution in [2.24, 2.45) is 5.92 Å². The quantitative estimate of drug-likeness (QED) is 0.717. The maximum absolute atomic E-state index is 11.0. The van der Waals surface area contributed by atoms with Gasteiger partial charge < -0.3 is 9.79 Å². The molecule has 0 aromatic carbocycles. The van der Waals surface area contributed by atoms with Gasteiger partial charge in [-0.05, 0) is 18.8 Å². The summed E-state index contributed by atoms with van der Waals surface area (Å²) < 4.78 is 11.0. The molecule has 1 atom stereocenters. The molecule has 1 saturated carbocycles. The highest BCUT2D eigenvalue weighted by Gasteiger charge is 2.34. The van der Waals surface area contributed by atoms with E-state index in [9.17, 15) is 4.57 Å². The molecule has 100 valence electrons. The molecular weight excluding hydrogens is 237 g/mol. The maximum atomic E-state index is 11.0. The molecule has 0 heterocycles. The number of nitrogens with zero attached hydrogens (tertiary/aromatic N) is 1. The van der Waals surface area contributed by atoms with E-state index < -0.39 is 13.3 Å². The van der Waals surface area contributed by atoms with Gasteiger partial charge in [0.2, 0.25) is 0 Å². The van der Waals surface area contributed by atoms with E-state index in [2.05, 4.69) is 13.8 Å². The summed E-state index contributed by atoms with van der Waals surface area (Å²) in [5, 5.41) is 8.33. The van der Waals surface area contributed by atoms with Crippen LogP contribution in [-0.2, 0) is 4.57 Å². The van der Waals surface area contributed by atoms with Crippen molar-refractivity contribution in [1.82, 2.24) is 0 Å². The second-order valence-electron chi connectivity index (χ2n) is 4.62. The van der Waals surface area contributed by atoms with E-state index in [1.165, 1.54) is 12.8 Å². The Morgan fingerprint density at radius 3 is 2.18 bits per heavy atom. The summed E-state index contributed by atoms with van der Waals surface area (Å²) >= 11 is 0. The van der Waals surface area contributed by atoms with E-state index in [0.29, 0.717) is 18.8 Å². The molecule has 4 nitrogen and oxygen atoms in total. The average molecular weight is 261 g/mol. The molecule has 1 rings (SSSR count). The van der Waals surface area contributed by atoms with Crippen molar-refractivity contribution in [1.29, 1.82) is 5.26 Å². The van der Waals surface area contributed by atoms with Crippen LogP contribution in [0.4, 0.5) is 0 Å². The van der Waals surface area contributed by atoms with Crippen LogP contribution >= 0.6 is 7.60 Å². The first-order chi connectivity index (χ1) is 7.95. The van der Waals surface area contributed by atoms with Gasteiger partial charge in [-0.15, -0.1) is 0 Å². The summed E-state index contributed by atoms with van der Waals surface area (Å²) in [4.78, 5) is 18.0. The van der Waals surface area contributed by atoms with Gasteiger partial charge in [0.15, 0.2) is 0 Å². The number of rotatable bonds is 6. The number of nitriles is 1. The van der Waals surface area contributed by atoms with Gasteiger partial charge in [-0.25, -0.2) is 0 Å². The van der Waals surface area contributed by atoms with Gasteiger partial charge in [-0.3, -0.25) is 4.57 Å². The summed E-state index contributed by atoms with van der Waals surface area (Å²) in [6, 6.07) is 1.92. The molecule has 0 aliphatic heterocycles. The highest BCUT2D eigenvalue weighted by molar-refractivity contribution is 7.52. The topological polar surface area (TPSA) is 81.3 Å². The molecule has 17 heavy (non-hydrogen) atoms. The highest BCUT2D eigenvalue weighted by Crippen LogP contribution is 2.49. The van der Waals surface area contributed by atoms with Gasteiger partial charge >= 0.3 is 7.60 Å². The van der Waals surface area contributed by atoms with E-state index in [1.807, 2.05) is 6.07 Å². The molecule has 5 heteroatoms. The van der Waals surface area contributed by atoms with Crippen LogP contribution in [0.2, 0.25) is 0 Å². The molecule has 1 unspecified atom stereocenters. The predicted octanol–water partition coefficient (Wildman–Crippen LogP) is 3.44. The van der Waals surface area contributed by atoms with Crippen LogP contribution in [0.15, 0.2) is 0 Å². The first-order valence-corrected chi connectivity index (χ1v) is 8.05. The molecular formula is C12H24NO3P. The summed E-state index contributed by atoms with van der Waals surface area (Å²) in [5.74, 6) is 0.497. The zero-order valence-corrected chi connectivity index (χ0v) is 11.7. The molecule has 0 aromatic heterocycles. The molecule has 0 spiro atoms. The average Bonchev–Trinajstić information content (AvgIpc) is 3.07. The fraction of sp³-hybridized carbons (Fsp3) is 0.917. The Kier molecular flexibility index (Phi) is 8.51. The van der Waals surface area contributed by atoms with Crippen LogP contribution in [0.1, 0.15) is 58.8 Å². The zero-order valence-electron chi connectivity index (χ0n) is 10.8. The summed E-state index contributed by atoms with van der Waals surface area (Å²) in [5.41, 5.74) is -0.584. The Hall–Kier alpha value is -0.360. The molecule has 1 aliphatic rings. The number of hydrogen-bond donors (Lipinski definition) is 2. The first kappa shape index (κ1) is 16.6. The Morgan fingerprint density at radius 1 is 1.35 bits per heavy atom. The van der Waals surface area contributed by atoms with Gasteiger partial charge in [0.25, 0.3) is 0 Å². The molecule has 0 amide bonds. The Morgan fingerprint density at radius 2 is 1.88 bits per heavy atom. The molecule has 0 aromatic rings. The van der Waals surface area contributed by atoms with Gasteiger partial charge in [0, 0.05) is 6.42 Å². The molecule has 0 saturated heterocycles. The fourth-order valence-corrected chi connectivity index (χ4v) is 2.43. The molecule has 1 aliphatic carbocycles. The summed E-state index contributed by atoms with van der Waals surface area (Å²) in [6.07, 6.45) is 5.97. The van der Waals surface area contributed by atoms with Crippen LogP contribution in [0.25, 0.3) is 0 Å². The van der Waals surface area contributed by atoms with E-state index in [-0.39, 0.29) is 6.42 Å². The van der Waals surface area contributed by atoms with Crippen LogP contribution in [0.5, 0.6) is 0 Å². The van der Waals surface area contributed by atoms with E-state index in [0.717, 1.165) is 12.8 Å². The van der Waals surface area contributed by atoms with Crippen molar-refractivity contribution in [3.8, 4) is 6.07 Å². The van der Waals surface area contributed by atoms with E-state index in [1.54, 1.807) is 0 Å². The van der Waals surface area contributed by atoms with Crippen molar-refractivity contribution in [2.75, 3.05) is 0 Å². The van der Waals surface area contributed by atoms with Gasteiger partial charge in [0.1, 0.15) is 0 Å². The minimum atomic E-state index is -3.97. The van der Waals surface area contributed by atoms with Crippen LogP contribution in [-0.4, -0.2) is 15.4 Å². The maximum Gasteiger partial charge on any atom is 0.328 e. The first-order valence-electron chi connectivity index (χ1n) is 6.37. The van der Waals surface area contributed by atoms with Crippen molar-refractivity contribution in [3.05, 3.63) is 0 Å². The molecule has 2 N–H and O–H groups in total. The highest BCUT2D eigenvalue weighted by atomic mass is 31.2. The van der Waals surface area contributed by atoms with Crippen molar-refractivity contribution in [3.63, 3.8) is 0 Å². The van der Waals surface area contributed by atoms with Gasteiger partial charge in [-0.2, -0.15) is 5.26 Å². The lowest BCUT2D eigenvalue weighted by molar-refractivity contribution is 0.348. The van der Waals surface area contributed by atoms with E-state index >= 15 is 0 Å². The fourth-order valence-electron chi connectivity index (χ4n) is 1.39. The second kappa shape index (κ2) is 8.69. The Labute approximate surface area is 104 Å². The van der Waals surface area contributed by atoms with Crippen molar-refractivity contribution < 1.29 is 14.4 Å². The Balaban J connectivity index is 0.000000557. The lowest BCUT2D eigenvalue weighted by Gasteiger charge is -2.16. The summed E-state index contributed by atoms with van der Waals surface area (Å²) in [6.45, 7) is 4.36. The lowest BCUT2D eigenvalue weighted by atomic mass is 10.1. The third-order valence-corrected chi connectivity index (χ3v) is 4.29. The molecule has 0 radical (unpaired) electrons. The minimum absolute atomic E-state index is 0.239. The lowest BCUT2D eigenvalue weighted by Crippen LogP contribution is -2.09. The largest absolute Gasteiger partial charge is 0.328 e. The Bertz CT molecular complexity index is 276. The zero-order chi connectivity index (χ0) is 13.3. The third-order valence-electron chi connectivity index (χ3n) is 2.87. The minimum Gasteiger partial charge on any atom is -0.324 e. The number of hydrogen-bond acceptors (Lipinski definition) is 2. The molecule has 1 fully saturated rings. The second-order valence-corrected chi connectivity index (χ2v) is 6.53. The smallest absolute Gasteiger partial charge is 0.324 e.